The van der Waals surface area contributed by atoms with Gasteiger partial charge < -0.3 is 4.74 Å². The van der Waals surface area contributed by atoms with E-state index in [0.717, 1.165) is 38.2 Å². The van der Waals surface area contributed by atoms with Crippen molar-refractivity contribution in [3.05, 3.63) is 64.7 Å². The van der Waals surface area contributed by atoms with E-state index >= 15 is 0 Å². The highest BCUT2D eigenvalue weighted by molar-refractivity contribution is 5.85. The highest BCUT2D eigenvalue weighted by Gasteiger charge is 2.32. The molecule has 1 saturated heterocycles. The van der Waals surface area contributed by atoms with Crippen LogP contribution in [-0.2, 0) is 12.8 Å². The minimum atomic E-state index is 0. The van der Waals surface area contributed by atoms with E-state index in [1.54, 1.807) is 0 Å². The Balaban J connectivity index is 0.00000210. The van der Waals surface area contributed by atoms with Crippen LogP contribution in [0.2, 0.25) is 0 Å². The molecule has 0 spiro atoms. The fourth-order valence-electron chi connectivity index (χ4n) is 4.61. The average Bonchev–Trinajstić information content (AvgIpc) is 3.11. The number of benzene rings is 2. The summed E-state index contributed by atoms with van der Waals surface area (Å²) in [4.78, 5) is 0. The topological polar surface area (TPSA) is 38.5 Å². The van der Waals surface area contributed by atoms with Crippen LogP contribution >= 0.6 is 12.4 Å². The lowest BCUT2D eigenvalue weighted by molar-refractivity contribution is 0.0922. The molecule has 0 amide bonds. The van der Waals surface area contributed by atoms with Gasteiger partial charge >= 0.3 is 0 Å². The summed E-state index contributed by atoms with van der Waals surface area (Å²) in [5, 5.41) is 2.05. The molecular weight excluding hydrogens is 356 g/mol. The molecule has 4 heteroatoms. The van der Waals surface area contributed by atoms with Gasteiger partial charge in [-0.05, 0) is 53.4 Å². The highest BCUT2D eigenvalue weighted by Crippen LogP contribution is 2.40. The predicted octanol–water partition coefficient (Wildman–Crippen LogP) is 5.04. The van der Waals surface area contributed by atoms with Gasteiger partial charge in [0.05, 0.1) is 12.6 Å². The molecule has 0 unspecified atom stereocenters. The molecule has 4 rings (SSSR count). The minimum Gasteiger partial charge on any atom is -0.493 e. The third kappa shape index (κ3) is 4.16. The van der Waals surface area contributed by atoms with Crippen molar-refractivity contribution in [2.45, 2.75) is 51.5 Å². The monoisotopic (exact) mass is 386 g/mol. The molecule has 1 fully saturated rings. The van der Waals surface area contributed by atoms with Crippen molar-refractivity contribution in [2.24, 2.45) is 11.8 Å². The van der Waals surface area contributed by atoms with E-state index in [9.17, 15) is 0 Å². The van der Waals surface area contributed by atoms with Crippen LogP contribution in [0, 0.1) is 5.92 Å². The number of nitrogens with two attached hydrogens (primary N) is 1. The zero-order valence-electron chi connectivity index (χ0n) is 16.4. The van der Waals surface area contributed by atoms with Gasteiger partial charge in [-0.15, -0.1) is 12.4 Å². The Hall–Kier alpha value is -1.55. The number of piperidine rings is 1. The van der Waals surface area contributed by atoms with Gasteiger partial charge in [0.2, 0.25) is 0 Å². The first-order chi connectivity index (χ1) is 12.6. The summed E-state index contributed by atoms with van der Waals surface area (Å²) in [5.74, 6) is 8.66. The molecule has 0 radical (unpaired) electrons. The van der Waals surface area contributed by atoms with Crippen molar-refractivity contribution in [2.75, 3.05) is 13.2 Å². The van der Waals surface area contributed by atoms with Gasteiger partial charge in [-0.1, -0.05) is 56.3 Å². The largest absolute Gasteiger partial charge is 0.493 e. The molecule has 2 heterocycles. The van der Waals surface area contributed by atoms with Gasteiger partial charge in [0, 0.05) is 13.0 Å². The molecule has 0 saturated carbocycles. The minimum absolute atomic E-state index is 0. The summed E-state index contributed by atoms with van der Waals surface area (Å²) in [6.45, 7) is 6.34. The van der Waals surface area contributed by atoms with Gasteiger partial charge in [0.15, 0.2) is 0 Å². The first-order valence-corrected chi connectivity index (χ1v) is 9.98. The lowest BCUT2D eigenvalue weighted by atomic mass is 9.80. The lowest BCUT2D eigenvalue weighted by Crippen LogP contribution is -2.44. The van der Waals surface area contributed by atoms with E-state index in [1.807, 2.05) is 0 Å². The van der Waals surface area contributed by atoms with E-state index in [-0.39, 0.29) is 18.4 Å². The summed E-state index contributed by atoms with van der Waals surface area (Å²) in [5.41, 5.74) is 5.53. The zero-order chi connectivity index (χ0) is 18.1. The third-order valence-electron chi connectivity index (χ3n) is 5.97. The molecule has 0 aromatic heterocycles. The van der Waals surface area contributed by atoms with Crippen molar-refractivity contribution in [3.8, 4) is 5.75 Å². The molecule has 2 aromatic rings. The van der Waals surface area contributed by atoms with Crippen LogP contribution in [0.5, 0.6) is 5.75 Å². The summed E-state index contributed by atoms with van der Waals surface area (Å²) >= 11 is 0. The Morgan fingerprint density at radius 2 is 1.96 bits per heavy atom. The maximum absolute atomic E-state index is 6.45. The van der Waals surface area contributed by atoms with Crippen molar-refractivity contribution >= 4 is 12.4 Å². The van der Waals surface area contributed by atoms with Crippen LogP contribution in [0.3, 0.4) is 0 Å². The van der Waals surface area contributed by atoms with Crippen molar-refractivity contribution in [3.63, 3.8) is 0 Å². The van der Waals surface area contributed by atoms with Crippen LogP contribution in [-0.4, -0.2) is 18.2 Å². The summed E-state index contributed by atoms with van der Waals surface area (Å²) < 4.78 is 6.03. The van der Waals surface area contributed by atoms with Gasteiger partial charge in [-0.3, -0.25) is 5.84 Å². The summed E-state index contributed by atoms with van der Waals surface area (Å²) in [6, 6.07) is 15.8. The van der Waals surface area contributed by atoms with E-state index in [1.165, 1.54) is 28.7 Å². The molecule has 27 heavy (non-hydrogen) atoms. The number of hydrogen-bond donors (Lipinski definition) is 1. The molecule has 2 atom stereocenters. The normalized spacial score (nSPS) is 22.2. The Labute approximate surface area is 169 Å². The molecule has 2 aliphatic rings. The fourth-order valence-corrected chi connectivity index (χ4v) is 4.61. The quantitative estimate of drug-likeness (QED) is 0.748. The van der Waals surface area contributed by atoms with E-state index in [4.69, 9.17) is 10.6 Å². The van der Waals surface area contributed by atoms with Crippen molar-refractivity contribution < 1.29 is 4.74 Å². The van der Waals surface area contributed by atoms with Crippen LogP contribution < -0.4 is 10.6 Å². The third-order valence-corrected chi connectivity index (χ3v) is 5.97. The second kappa shape index (κ2) is 8.64. The Morgan fingerprint density at radius 3 is 2.70 bits per heavy atom. The average molecular weight is 387 g/mol. The van der Waals surface area contributed by atoms with Crippen LogP contribution in [0.4, 0.5) is 0 Å². The fraction of sp³-hybridized carbons (Fsp3) is 0.478. The molecular formula is C23H31ClN2O. The van der Waals surface area contributed by atoms with Gasteiger partial charge in [-0.2, -0.15) is 0 Å². The highest BCUT2D eigenvalue weighted by atomic mass is 35.5. The van der Waals surface area contributed by atoms with Crippen molar-refractivity contribution in [1.29, 1.82) is 0 Å². The SMILES string of the molecule is CC(C)c1cc2c(c(C[C@@H]3CCCN(N)[C@@H]3c3ccccc3)c1)OCC2.Cl. The molecule has 0 aliphatic carbocycles. The van der Waals surface area contributed by atoms with Crippen LogP contribution in [0.1, 0.15) is 60.9 Å². The maximum Gasteiger partial charge on any atom is 0.125 e. The number of hydrogen-bond acceptors (Lipinski definition) is 3. The summed E-state index contributed by atoms with van der Waals surface area (Å²) in [6.07, 6.45) is 4.46. The first-order valence-electron chi connectivity index (χ1n) is 9.98. The zero-order valence-corrected chi connectivity index (χ0v) is 17.2. The van der Waals surface area contributed by atoms with E-state index in [0.29, 0.717) is 11.8 Å². The Bertz CT molecular complexity index is 762. The molecule has 2 aliphatic heterocycles. The first kappa shape index (κ1) is 20.2. The molecule has 146 valence electrons. The maximum atomic E-state index is 6.45. The van der Waals surface area contributed by atoms with Gasteiger partial charge in [-0.25, -0.2) is 5.01 Å². The molecule has 2 aromatic carbocycles. The van der Waals surface area contributed by atoms with Crippen LogP contribution in [0.15, 0.2) is 42.5 Å². The van der Waals surface area contributed by atoms with E-state index in [2.05, 4.69) is 61.3 Å². The molecule has 3 nitrogen and oxygen atoms in total. The number of halogens is 1. The second-order valence-electron chi connectivity index (χ2n) is 8.12. The van der Waals surface area contributed by atoms with Crippen LogP contribution in [0.25, 0.3) is 0 Å². The van der Waals surface area contributed by atoms with Gasteiger partial charge in [0.1, 0.15) is 5.75 Å². The van der Waals surface area contributed by atoms with E-state index < -0.39 is 0 Å². The number of hydrazine groups is 1. The lowest BCUT2D eigenvalue weighted by Gasteiger charge is -2.39. The standard InChI is InChI=1S/C23H30N2O.ClH/c1-16(2)20-14-19-10-12-26-23(19)21(15-20)13-18-9-6-11-25(24)22(18)17-7-4-3-5-8-17;/h3-5,7-8,14-16,18,22H,6,9-13,24H2,1-2H3;1H/t18-,22+;/m0./s1. The smallest absolute Gasteiger partial charge is 0.125 e. The number of rotatable bonds is 4. The van der Waals surface area contributed by atoms with Gasteiger partial charge in [0.25, 0.3) is 0 Å². The number of ether oxygens (including phenoxy) is 1. The van der Waals surface area contributed by atoms with Crippen molar-refractivity contribution in [1.82, 2.24) is 5.01 Å². The number of fused-ring (bicyclic) bond motifs is 1. The Kier molecular flexibility index (Phi) is 6.46. The second-order valence-corrected chi connectivity index (χ2v) is 8.12. The predicted molar refractivity (Wildman–Crippen MR) is 113 cm³/mol. The summed E-state index contributed by atoms with van der Waals surface area (Å²) in [7, 11) is 0. The number of nitrogens with zero attached hydrogens (tertiary/aromatic N) is 1. The Morgan fingerprint density at radius 1 is 1.19 bits per heavy atom. The molecule has 0 bridgehead atoms. The molecule has 2 N–H and O–H groups in total.